The average Bonchev–Trinajstić information content (AvgIpc) is 2.83. The zero-order chi connectivity index (χ0) is 14.4. The first kappa shape index (κ1) is 15.1. The Morgan fingerprint density at radius 2 is 2.30 bits per heavy atom. The van der Waals surface area contributed by atoms with Gasteiger partial charge >= 0.3 is 0 Å². The molecule has 0 bridgehead atoms. The summed E-state index contributed by atoms with van der Waals surface area (Å²) in [5, 5.41) is 12.1. The lowest BCUT2D eigenvalue weighted by molar-refractivity contribution is 0.0928. The van der Waals surface area contributed by atoms with E-state index in [9.17, 15) is 4.79 Å². The normalized spacial score (nSPS) is 16.7. The van der Waals surface area contributed by atoms with E-state index in [2.05, 4.69) is 16.8 Å². The molecule has 1 amide bonds. The van der Waals surface area contributed by atoms with Crippen LogP contribution in [0.3, 0.4) is 0 Å². The van der Waals surface area contributed by atoms with Crippen molar-refractivity contribution in [1.29, 1.82) is 0 Å². The second kappa shape index (κ2) is 7.48. The number of rotatable bonds is 8. The van der Waals surface area contributed by atoms with E-state index in [0.717, 1.165) is 25.0 Å². The maximum absolute atomic E-state index is 12.3. The topological polar surface area (TPSA) is 54.3 Å². The van der Waals surface area contributed by atoms with Crippen molar-refractivity contribution in [3.8, 4) is 0 Å². The van der Waals surface area contributed by atoms with Crippen LogP contribution in [0.1, 0.15) is 62.0 Å². The Morgan fingerprint density at radius 3 is 2.90 bits per heavy atom. The van der Waals surface area contributed by atoms with Crippen LogP contribution >= 0.6 is 0 Å². The minimum Gasteiger partial charge on any atom is -0.396 e. The summed E-state index contributed by atoms with van der Waals surface area (Å²) in [6.45, 7) is 2.98. The largest absolute Gasteiger partial charge is 0.396 e. The Labute approximate surface area is 121 Å². The van der Waals surface area contributed by atoms with Gasteiger partial charge in [0.1, 0.15) is 5.69 Å². The molecule has 112 valence electrons. The molecule has 0 radical (unpaired) electrons. The van der Waals surface area contributed by atoms with Crippen molar-refractivity contribution >= 4 is 5.91 Å². The number of carbonyl (C=O) groups is 1. The number of nitrogens with zero attached hydrogens (tertiary/aromatic N) is 1. The number of hydrogen-bond acceptors (Lipinski definition) is 2. The van der Waals surface area contributed by atoms with Crippen molar-refractivity contribution in [2.75, 3.05) is 13.2 Å². The minimum absolute atomic E-state index is 0.0148. The molecular weight excluding hydrogens is 252 g/mol. The number of aromatic nitrogens is 1. The summed E-state index contributed by atoms with van der Waals surface area (Å²) in [6.07, 6.45) is 8.52. The predicted octanol–water partition coefficient (Wildman–Crippen LogP) is 2.74. The Balaban J connectivity index is 1.89. The summed E-state index contributed by atoms with van der Waals surface area (Å²) in [7, 11) is 0. The fourth-order valence-corrected chi connectivity index (χ4v) is 2.84. The molecule has 1 aromatic rings. The Bertz CT molecular complexity index is 418. The molecule has 0 aliphatic heterocycles. The molecule has 1 aromatic heterocycles. The molecule has 1 fully saturated rings. The van der Waals surface area contributed by atoms with Crippen molar-refractivity contribution in [3.05, 3.63) is 24.0 Å². The lowest BCUT2D eigenvalue weighted by Crippen LogP contribution is -2.32. The standard InChI is InChI=1S/C16H26N2O2/c1-2-5-13(9-11-19)12-17-16(20)15-8-4-10-18(15)14-6-3-7-14/h4,8,10,13-14,19H,2-3,5-7,9,11-12H2,1H3,(H,17,20). The van der Waals surface area contributed by atoms with E-state index in [1.807, 2.05) is 18.3 Å². The Hall–Kier alpha value is -1.29. The highest BCUT2D eigenvalue weighted by Gasteiger charge is 2.23. The first-order chi connectivity index (χ1) is 9.76. The molecule has 1 heterocycles. The molecule has 1 aliphatic carbocycles. The van der Waals surface area contributed by atoms with Crippen LogP contribution in [0, 0.1) is 5.92 Å². The fourth-order valence-electron chi connectivity index (χ4n) is 2.84. The molecule has 20 heavy (non-hydrogen) atoms. The molecule has 1 atom stereocenters. The van der Waals surface area contributed by atoms with E-state index in [1.54, 1.807) is 0 Å². The molecule has 0 saturated heterocycles. The number of aliphatic hydroxyl groups is 1. The van der Waals surface area contributed by atoms with Crippen molar-refractivity contribution in [3.63, 3.8) is 0 Å². The molecule has 1 aliphatic rings. The van der Waals surface area contributed by atoms with Crippen LogP contribution in [-0.4, -0.2) is 28.7 Å². The van der Waals surface area contributed by atoms with Crippen LogP contribution in [0.5, 0.6) is 0 Å². The van der Waals surface area contributed by atoms with Gasteiger partial charge in [0, 0.05) is 25.4 Å². The van der Waals surface area contributed by atoms with Crippen LogP contribution in [0.15, 0.2) is 18.3 Å². The second-order valence-corrected chi connectivity index (χ2v) is 5.76. The van der Waals surface area contributed by atoms with Crippen LogP contribution in [0.2, 0.25) is 0 Å². The summed E-state index contributed by atoms with van der Waals surface area (Å²) >= 11 is 0. The van der Waals surface area contributed by atoms with Gasteiger partial charge in [-0.05, 0) is 50.2 Å². The monoisotopic (exact) mass is 278 g/mol. The van der Waals surface area contributed by atoms with Crippen molar-refractivity contribution in [2.45, 2.75) is 51.5 Å². The number of hydrogen-bond donors (Lipinski definition) is 2. The third-order valence-corrected chi connectivity index (χ3v) is 4.27. The second-order valence-electron chi connectivity index (χ2n) is 5.76. The maximum atomic E-state index is 12.3. The Morgan fingerprint density at radius 1 is 1.50 bits per heavy atom. The number of carbonyl (C=O) groups excluding carboxylic acids is 1. The lowest BCUT2D eigenvalue weighted by atomic mass is 9.93. The molecule has 4 heteroatoms. The quantitative estimate of drug-likeness (QED) is 0.768. The average molecular weight is 278 g/mol. The van der Waals surface area contributed by atoms with Gasteiger partial charge in [-0.1, -0.05) is 13.3 Å². The van der Waals surface area contributed by atoms with Gasteiger partial charge in [-0.3, -0.25) is 4.79 Å². The smallest absolute Gasteiger partial charge is 0.267 e. The summed E-state index contributed by atoms with van der Waals surface area (Å²) in [5.41, 5.74) is 0.772. The fraction of sp³-hybridized carbons (Fsp3) is 0.688. The molecule has 0 aromatic carbocycles. The van der Waals surface area contributed by atoms with Gasteiger partial charge in [-0.25, -0.2) is 0 Å². The van der Waals surface area contributed by atoms with Gasteiger partial charge in [0.25, 0.3) is 5.91 Å². The van der Waals surface area contributed by atoms with Crippen LogP contribution in [-0.2, 0) is 0 Å². The zero-order valence-corrected chi connectivity index (χ0v) is 12.3. The minimum atomic E-state index is 0.0148. The van der Waals surface area contributed by atoms with Crippen LogP contribution in [0.4, 0.5) is 0 Å². The highest BCUT2D eigenvalue weighted by Crippen LogP contribution is 2.32. The molecular formula is C16H26N2O2. The number of amides is 1. The first-order valence-corrected chi connectivity index (χ1v) is 7.82. The van der Waals surface area contributed by atoms with E-state index >= 15 is 0 Å². The SMILES string of the molecule is CCCC(CCO)CNC(=O)c1cccn1C1CCC1. The van der Waals surface area contributed by atoms with Gasteiger partial charge in [-0.2, -0.15) is 0 Å². The third kappa shape index (κ3) is 3.63. The van der Waals surface area contributed by atoms with Crippen LogP contribution < -0.4 is 5.32 Å². The van der Waals surface area contributed by atoms with Gasteiger partial charge in [0.2, 0.25) is 0 Å². The highest BCUT2D eigenvalue weighted by atomic mass is 16.3. The van der Waals surface area contributed by atoms with Gasteiger partial charge < -0.3 is 15.0 Å². The molecule has 2 rings (SSSR count). The summed E-state index contributed by atoms with van der Waals surface area (Å²) in [5.74, 6) is 0.391. The van der Waals surface area contributed by atoms with Crippen LogP contribution in [0.25, 0.3) is 0 Å². The first-order valence-electron chi connectivity index (χ1n) is 7.82. The lowest BCUT2D eigenvalue weighted by Gasteiger charge is -2.29. The zero-order valence-electron chi connectivity index (χ0n) is 12.3. The van der Waals surface area contributed by atoms with E-state index in [-0.39, 0.29) is 12.5 Å². The summed E-state index contributed by atoms with van der Waals surface area (Å²) < 4.78 is 2.11. The third-order valence-electron chi connectivity index (χ3n) is 4.27. The number of aliphatic hydroxyl groups excluding tert-OH is 1. The van der Waals surface area contributed by atoms with Crippen molar-refractivity contribution in [1.82, 2.24) is 9.88 Å². The molecule has 0 spiro atoms. The van der Waals surface area contributed by atoms with E-state index in [1.165, 1.54) is 19.3 Å². The molecule has 4 nitrogen and oxygen atoms in total. The highest BCUT2D eigenvalue weighted by molar-refractivity contribution is 5.92. The molecule has 1 saturated carbocycles. The molecule has 2 N–H and O–H groups in total. The van der Waals surface area contributed by atoms with Gasteiger partial charge in [0.15, 0.2) is 0 Å². The predicted molar refractivity (Wildman–Crippen MR) is 79.8 cm³/mol. The van der Waals surface area contributed by atoms with E-state index < -0.39 is 0 Å². The van der Waals surface area contributed by atoms with Gasteiger partial charge in [-0.15, -0.1) is 0 Å². The summed E-state index contributed by atoms with van der Waals surface area (Å²) in [6, 6.07) is 4.36. The van der Waals surface area contributed by atoms with Crippen molar-refractivity contribution in [2.24, 2.45) is 5.92 Å². The van der Waals surface area contributed by atoms with Crippen molar-refractivity contribution < 1.29 is 9.90 Å². The Kier molecular flexibility index (Phi) is 5.65. The van der Waals surface area contributed by atoms with E-state index in [0.29, 0.717) is 18.5 Å². The number of nitrogens with one attached hydrogen (secondary N) is 1. The molecule has 1 unspecified atom stereocenters. The summed E-state index contributed by atoms with van der Waals surface area (Å²) in [4.78, 5) is 12.3. The van der Waals surface area contributed by atoms with E-state index in [4.69, 9.17) is 5.11 Å². The van der Waals surface area contributed by atoms with Gasteiger partial charge in [0.05, 0.1) is 0 Å². The maximum Gasteiger partial charge on any atom is 0.267 e.